The fourth-order valence-electron chi connectivity index (χ4n) is 1.52. The molecule has 0 saturated heterocycles. The van der Waals surface area contributed by atoms with Gasteiger partial charge in [0.15, 0.2) is 0 Å². The van der Waals surface area contributed by atoms with Crippen molar-refractivity contribution >= 4 is 60.7 Å². The van der Waals surface area contributed by atoms with Gasteiger partial charge in [0.25, 0.3) is 5.91 Å². The minimum Gasteiger partial charge on any atom is -0.399 e. The van der Waals surface area contributed by atoms with E-state index in [4.69, 9.17) is 17.3 Å². The molecule has 0 spiro atoms. The first-order chi connectivity index (χ1) is 8.95. The highest BCUT2D eigenvalue weighted by molar-refractivity contribution is 9.10. The van der Waals surface area contributed by atoms with Crippen LogP contribution in [0.3, 0.4) is 0 Å². The molecule has 1 amide bonds. The highest BCUT2D eigenvalue weighted by Crippen LogP contribution is 2.26. The predicted octanol–water partition coefficient (Wildman–Crippen LogP) is 4.70. The summed E-state index contributed by atoms with van der Waals surface area (Å²) in [7, 11) is 0. The van der Waals surface area contributed by atoms with Crippen LogP contribution >= 0.6 is 43.5 Å². The van der Waals surface area contributed by atoms with Crippen LogP contribution in [0, 0.1) is 0 Å². The standard InChI is InChI=1S/C13H9Br2ClN2O/c14-8-3-7(4-9(17)5-8)13(19)18-10-1-2-12(16)11(15)6-10/h1-6H,17H2,(H,18,19). The van der Waals surface area contributed by atoms with E-state index in [-0.39, 0.29) is 5.91 Å². The maximum absolute atomic E-state index is 12.1. The lowest BCUT2D eigenvalue weighted by molar-refractivity contribution is 0.102. The van der Waals surface area contributed by atoms with Gasteiger partial charge in [-0.25, -0.2) is 0 Å². The van der Waals surface area contributed by atoms with E-state index in [1.807, 2.05) is 0 Å². The molecule has 2 aromatic carbocycles. The first-order valence-electron chi connectivity index (χ1n) is 5.28. The highest BCUT2D eigenvalue weighted by Gasteiger charge is 2.08. The summed E-state index contributed by atoms with van der Waals surface area (Å²) < 4.78 is 1.48. The van der Waals surface area contributed by atoms with Crippen molar-refractivity contribution in [2.45, 2.75) is 0 Å². The van der Waals surface area contributed by atoms with Crippen LogP contribution in [0.2, 0.25) is 5.02 Å². The van der Waals surface area contributed by atoms with E-state index in [0.29, 0.717) is 22.0 Å². The molecular formula is C13H9Br2ClN2O. The first kappa shape index (κ1) is 14.4. The molecule has 0 bridgehead atoms. The first-order valence-corrected chi connectivity index (χ1v) is 7.24. The lowest BCUT2D eigenvalue weighted by Crippen LogP contribution is -2.12. The van der Waals surface area contributed by atoms with Crippen LogP contribution in [0.4, 0.5) is 11.4 Å². The number of anilines is 2. The lowest BCUT2D eigenvalue weighted by atomic mass is 10.2. The summed E-state index contributed by atoms with van der Waals surface area (Å²) >= 11 is 12.5. The minimum absolute atomic E-state index is 0.234. The molecule has 2 rings (SSSR count). The molecule has 19 heavy (non-hydrogen) atoms. The van der Waals surface area contributed by atoms with Crippen molar-refractivity contribution < 1.29 is 4.79 Å². The monoisotopic (exact) mass is 402 g/mol. The third-order valence-corrected chi connectivity index (χ3v) is 4.03. The molecular weight excluding hydrogens is 395 g/mol. The van der Waals surface area contributed by atoms with Gasteiger partial charge in [-0.05, 0) is 52.3 Å². The SMILES string of the molecule is Nc1cc(Br)cc(C(=O)Nc2ccc(Cl)c(Br)c2)c1. The second-order valence-corrected chi connectivity index (χ2v) is 6.03. The number of nitrogens with one attached hydrogen (secondary N) is 1. The quantitative estimate of drug-likeness (QED) is 0.713. The molecule has 3 N–H and O–H groups in total. The Labute approximate surface area is 132 Å². The summed E-state index contributed by atoms with van der Waals surface area (Å²) in [4.78, 5) is 12.1. The average molecular weight is 404 g/mol. The van der Waals surface area contributed by atoms with E-state index in [1.54, 1.807) is 36.4 Å². The molecule has 2 aromatic rings. The van der Waals surface area contributed by atoms with E-state index in [1.165, 1.54) is 0 Å². The van der Waals surface area contributed by atoms with Crippen molar-refractivity contribution in [2.75, 3.05) is 11.1 Å². The molecule has 0 aliphatic heterocycles. The van der Waals surface area contributed by atoms with Crippen molar-refractivity contribution in [1.82, 2.24) is 0 Å². The minimum atomic E-state index is -0.234. The number of rotatable bonds is 2. The normalized spacial score (nSPS) is 10.3. The number of halogens is 3. The van der Waals surface area contributed by atoms with E-state index in [9.17, 15) is 4.79 Å². The smallest absolute Gasteiger partial charge is 0.255 e. The van der Waals surface area contributed by atoms with E-state index in [2.05, 4.69) is 37.2 Å². The number of nitrogens with two attached hydrogens (primary N) is 1. The summed E-state index contributed by atoms with van der Waals surface area (Å²) in [6, 6.07) is 10.2. The molecule has 0 aliphatic rings. The molecule has 0 aliphatic carbocycles. The summed E-state index contributed by atoms with van der Waals surface area (Å²) in [6.45, 7) is 0. The third kappa shape index (κ3) is 3.72. The summed E-state index contributed by atoms with van der Waals surface area (Å²) in [5, 5.41) is 3.36. The Hall–Kier alpha value is -1.04. The van der Waals surface area contributed by atoms with Gasteiger partial charge >= 0.3 is 0 Å². The molecule has 0 aromatic heterocycles. The number of carbonyl (C=O) groups excluding carboxylic acids is 1. The Morgan fingerprint density at radius 1 is 1.16 bits per heavy atom. The number of benzene rings is 2. The van der Waals surface area contributed by atoms with Gasteiger partial charge in [-0.3, -0.25) is 4.79 Å². The zero-order chi connectivity index (χ0) is 14.0. The zero-order valence-electron chi connectivity index (χ0n) is 9.58. The molecule has 98 valence electrons. The van der Waals surface area contributed by atoms with Gasteiger partial charge in [-0.2, -0.15) is 0 Å². The van der Waals surface area contributed by atoms with Crippen LogP contribution in [-0.4, -0.2) is 5.91 Å². The van der Waals surface area contributed by atoms with E-state index >= 15 is 0 Å². The van der Waals surface area contributed by atoms with E-state index in [0.717, 1.165) is 8.95 Å². The Balaban J connectivity index is 2.22. The van der Waals surface area contributed by atoms with Crippen molar-refractivity contribution in [3.05, 3.63) is 55.9 Å². The van der Waals surface area contributed by atoms with Gasteiger partial charge in [0.2, 0.25) is 0 Å². The Morgan fingerprint density at radius 3 is 2.53 bits per heavy atom. The number of carbonyl (C=O) groups is 1. The highest BCUT2D eigenvalue weighted by atomic mass is 79.9. The fourth-order valence-corrected chi connectivity index (χ4v) is 2.53. The Kier molecular flexibility index (Phi) is 4.50. The van der Waals surface area contributed by atoms with Gasteiger partial charge in [0, 0.05) is 25.9 Å². The number of hydrogen-bond donors (Lipinski definition) is 2. The fraction of sp³-hybridized carbons (Fsp3) is 0. The van der Waals surface area contributed by atoms with Crippen LogP contribution in [-0.2, 0) is 0 Å². The third-order valence-electron chi connectivity index (χ3n) is 2.36. The number of nitrogen functional groups attached to an aromatic ring is 1. The summed E-state index contributed by atoms with van der Waals surface area (Å²) in [5.74, 6) is -0.234. The zero-order valence-corrected chi connectivity index (χ0v) is 13.5. The maximum atomic E-state index is 12.1. The van der Waals surface area contributed by atoms with Crippen molar-refractivity contribution in [3.63, 3.8) is 0 Å². The molecule has 6 heteroatoms. The largest absolute Gasteiger partial charge is 0.399 e. The number of amides is 1. The van der Waals surface area contributed by atoms with Crippen molar-refractivity contribution in [2.24, 2.45) is 0 Å². The van der Waals surface area contributed by atoms with Gasteiger partial charge < -0.3 is 11.1 Å². The maximum Gasteiger partial charge on any atom is 0.255 e. The summed E-state index contributed by atoms with van der Waals surface area (Å²) in [6.07, 6.45) is 0. The molecule has 0 saturated carbocycles. The topological polar surface area (TPSA) is 55.1 Å². The Morgan fingerprint density at radius 2 is 1.89 bits per heavy atom. The second-order valence-electron chi connectivity index (χ2n) is 3.86. The number of hydrogen-bond acceptors (Lipinski definition) is 2. The van der Waals surface area contributed by atoms with Crippen LogP contribution in [0.25, 0.3) is 0 Å². The molecule has 0 heterocycles. The van der Waals surface area contributed by atoms with Gasteiger partial charge in [0.05, 0.1) is 5.02 Å². The van der Waals surface area contributed by atoms with Gasteiger partial charge in [-0.15, -0.1) is 0 Å². The van der Waals surface area contributed by atoms with Crippen molar-refractivity contribution in [1.29, 1.82) is 0 Å². The second kappa shape index (κ2) is 5.94. The molecule has 3 nitrogen and oxygen atoms in total. The molecule has 0 radical (unpaired) electrons. The van der Waals surface area contributed by atoms with Gasteiger partial charge in [-0.1, -0.05) is 27.5 Å². The molecule has 0 atom stereocenters. The Bertz CT molecular complexity index is 626. The average Bonchev–Trinajstić information content (AvgIpc) is 2.32. The van der Waals surface area contributed by atoms with E-state index < -0.39 is 0 Å². The summed E-state index contributed by atoms with van der Waals surface area (Å²) in [5.41, 5.74) is 7.36. The molecule has 0 fully saturated rings. The molecule has 0 unspecified atom stereocenters. The van der Waals surface area contributed by atoms with Crippen LogP contribution in [0.15, 0.2) is 45.3 Å². The van der Waals surface area contributed by atoms with Crippen LogP contribution in [0.1, 0.15) is 10.4 Å². The van der Waals surface area contributed by atoms with Crippen LogP contribution < -0.4 is 11.1 Å². The van der Waals surface area contributed by atoms with Crippen LogP contribution in [0.5, 0.6) is 0 Å². The van der Waals surface area contributed by atoms with Gasteiger partial charge in [0.1, 0.15) is 0 Å². The lowest BCUT2D eigenvalue weighted by Gasteiger charge is -2.07. The predicted molar refractivity (Wildman–Crippen MR) is 85.7 cm³/mol. The van der Waals surface area contributed by atoms with Crippen molar-refractivity contribution in [3.8, 4) is 0 Å².